The average Bonchev–Trinajstić information content (AvgIpc) is 3.01. The molecule has 0 saturated heterocycles. The van der Waals surface area contributed by atoms with E-state index in [-0.39, 0.29) is 30.8 Å². The molecule has 0 amide bonds. The summed E-state index contributed by atoms with van der Waals surface area (Å²) in [6.07, 6.45) is 0.163. The maximum atomic E-state index is 12.8. The zero-order valence-electron chi connectivity index (χ0n) is 24.9. The number of nitrogens with two attached hydrogens (primary N) is 1. The summed E-state index contributed by atoms with van der Waals surface area (Å²) in [6.45, 7) is 2.94. The van der Waals surface area contributed by atoms with E-state index in [4.69, 9.17) is 11.0 Å². The molecule has 14 heteroatoms. The third-order valence-corrected chi connectivity index (χ3v) is 8.51. The van der Waals surface area contributed by atoms with Gasteiger partial charge >= 0.3 is 25.0 Å². The van der Waals surface area contributed by atoms with E-state index in [9.17, 15) is 30.0 Å². The largest absolute Gasteiger partial charge is 3.00 e. The quantitative estimate of drug-likeness (QED) is 0.166. The summed E-state index contributed by atoms with van der Waals surface area (Å²) in [6, 6.07) is 34.4. The molecule has 2 atom stereocenters. The summed E-state index contributed by atoms with van der Waals surface area (Å²) in [5.41, 5.74) is 4.45. The number of nitrogens with zero attached hydrogens (tertiary/aromatic N) is 3. The van der Waals surface area contributed by atoms with Crippen LogP contribution in [0.1, 0.15) is 41.3 Å². The van der Waals surface area contributed by atoms with E-state index < -0.39 is 44.2 Å². The Labute approximate surface area is 281 Å². The van der Waals surface area contributed by atoms with Crippen molar-refractivity contribution in [3.8, 4) is 6.07 Å². The van der Waals surface area contributed by atoms with Gasteiger partial charge in [0.1, 0.15) is 10.0 Å². The van der Waals surface area contributed by atoms with Crippen LogP contribution in [0.4, 0.5) is 13.2 Å². The molecule has 0 fully saturated rings. The third kappa shape index (κ3) is 13.1. The predicted molar refractivity (Wildman–Crippen MR) is 169 cm³/mol. The minimum atomic E-state index is -5.34. The fourth-order valence-electron chi connectivity index (χ4n) is 3.77. The second kappa shape index (κ2) is 19.3. The van der Waals surface area contributed by atoms with Crippen LogP contribution in [0.2, 0.25) is 0 Å². The van der Waals surface area contributed by atoms with Gasteiger partial charge in [0.05, 0.1) is 6.07 Å². The van der Waals surface area contributed by atoms with Crippen LogP contribution < -0.4 is 5.73 Å². The first kappa shape index (κ1) is 40.6. The normalized spacial score (nSPS) is 12.5. The van der Waals surface area contributed by atoms with Crippen LogP contribution in [0.15, 0.2) is 120 Å². The second-order valence-corrected chi connectivity index (χ2v) is 12.7. The van der Waals surface area contributed by atoms with Crippen LogP contribution in [-0.4, -0.2) is 28.9 Å². The molecule has 0 aliphatic rings. The monoisotopic (exact) mass is 760 g/mol. The van der Waals surface area contributed by atoms with Crippen molar-refractivity contribution in [3.05, 3.63) is 147 Å². The molecule has 0 aromatic heterocycles. The first-order valence-electron chi connectivity index (χ1n) is 13.5. The molecule has 4 aromatic carbocycles. The van der Waals surface area contributed by atoms with Crippen LogP contribution in [-0.2, 0) is 45.9 Å². The molecule has 0 bridgehead atoms. The molecular weight excluding hydrogens is 727 g/mol. The van der Waals surface area contributed by atoms with Crippen molar-refractivity contribution < 1.29 is 49.5 Å². The first-order valence-corrected chi connectivity index (χ1v) is 16.3. The first-order chi connectivity index (χ1) is 21.2. The van der Waals surface area contributed by atoms with Crippen molar-refractivity contribution in [2.24, 2.45) is 5.73 Å². The number of rotatable bonds is 10. The van der Waals surface area contributed by atoms with Gasteiger partial charge in [0, 0.05) is 17.9 Å². The SMILES string of the molecule is CC#N.Cc1ccc(S(=O)(=O)[N-][C@@H](c2ccccc2)[C@@H](N)c2ccccc2)cc1.O=S(=O)([N-]CCc1ccccc1)C(F)(F)F.[Ru+3]. The molecule has 0 aliphatic heterocycles. The zero-order valence-corrected chi connectivity index (χ0v) is 28.3. The number of aryl methyl sites for hydroxylation is 1. The third-order valence-electron chi connectivity index (χ3n) is 6.03. The van der Waals surface area contributed by atoms with Gasteiger partial charge in [-0.15, -0.1) is 6.54 Å². The van der Waals surface area contributed by atoms with Gasteiger partial charge in [0.2, 0.25) is 0 Å². The number of halogens is 3. The molecule has 46 heavy (non-hydrogen) atoms. The summed E-state index contributed by atoms with van der Waals surface area (Å²) in [4.78, 5) is 0.171. The van der Waals surface area contributed by atoms with Crippen LogP contribution >= 0.6 is 0 Å². The van der Waals surface area contributed by atoms with E-state index in [0.717, 1.165) is 22.3 Å². The Kier molecular flexibility index (Phi) is 17.0. The van der Waals surface area contributed by atoms with E-state index in [1.54, 1.807) is 60.7 Å². The molecule has 245 valence electrons. The van der Waals surface area contributed by atoms with Gasteiger partial charge in [-0.3, -0.25) is 0 Å². The standard InChI is InChI=1S/C21H21N2O2S.C9H9F3NO2S.C2H3N.Ru/c1-16-12-14-19(15-13-16)26(24,25)23-21(18-10-6-3-7-11-18)20(22)17-8-4-2-5-9-17;10-9(11,12)16(14,15)13-7-6-8-4-2-1-3-5-8;1-2-3;/h2-15,20-21H,22H2,1H3;1-5H,6-7H2;1H3;/q2*-1;;+3/t20-,21-;;;/m0.../s1. The Morgan fingerprint density at radius 2 is 1.22 bits per heavy atom. The van der Waals surface area contributed by atoms with E-state index in [0.29, 0.717) is 0 Å². The van der Waals surface area contributed by atoms with Gasteiger partial charge in [-0.05, 0) is 36.6 Å². The molecular formula is C32H33F3N4O4RuS2+. The van der Waals surface area contributed by atoms with Crippen LogP contribution in [0.5, 0.6) is 0 Å². The van der Waals surface area contributed by atoms with Crippen molar-refractivity contribution in [1.29, 1.82) is 5.26 Å². The molecule has 2 N–H and O–H groups in total. The number of benzene rings is 4. The smallest absolute Gasteiger partial charge is 0.541 e. The fraction of sp³-hybridized carbons (Fsp3) is 0.219. The Balaban J connectivity index is 0.000000455. The number of nitriles is 1. The Morgan fingerprint density at radius 1 is 0.783 bits per heavy atom. The van der Waals surface area contributed by atoms with E-state index in [1.807, 2.05) is 67.6 Å². The minimum absolute atomic E-state index is 0. The number of hydrogen-bond donors (Lipinski definition) is 1. The predicted octanol–water partition coefficient (Wildman–Crippen LogP) is 7.48. The van der Waals surface area contributed by atoms with Crippen molar-refractivity contribution >= 4 is 20.0 Å². The van der Waals surface area contributed by atoms with E-state index >= 15 is 0 Å². The summed E-state index contributed by atoms with van der Waals surface area (Å²) < 4.78 is 89.3. The van der Waals surface area contributed by atoms with Crippen LogP contribution in [0, 0.1) is 18.3 Å². The second-order valence-electron chi connectivity index (χ2n) is 9.42. The molecule has 0 spiro atoms. The van der Waals surface area contributed by atoms with Crippen molar-refractivity contribution in [2.45, 2.75) is 42.8 Å². The number of alkyl halides is 3. The van der Waals surface area contributed by atoms with Gasteiger partial charge in [-0.25, -0.2) is 16.8 Å². The Hall–Kier alpha value is -3.44. The van der Waals surface area contributed by atoms with Gasteiger partial charge in [-0.2, -0.15) is 18.4 Å². The molecule has 8 nitrogen and oxygen atoms in total. The van der Waals surface area contributed by atoms with Gasteiger partial charge < -0.3 is 15.2 Å². The number of sulfonamides is 2. The summed E-state index contributed by atoms with van der Waals surface area (Å²) in [5, 5.41) is 7.32. The van der Waals surface area contributed by atoms with Gasteiger partial charge in [-0.1, -0.05) is 120 Å². The van der Waals surface area contributed by atoms with E-state index in [1.165, 1.54) is 6.92 Å². The van der Waals surface area contributed by atoms with Gasteiger partial charge in [0.25, 0.3) is 0 Å². The molecule has 4 rings (SSSR count). The molecule has 4 aromatic rings. The van der Waals surface area contributed by atoms with Crippen molar-refractivity contribution in [3.63, 3.8) is 0 Å². The number of hydrogen-bond acceptors (Lipinski definition) is 6. The van der Waals surface area contributed by atoms with Crippen molar-refractivity contribution in [2.75, 3.05) is 6.54 Å². The van der Waals surface area contributed by atoms with Crippen molar-refractivity contribution in [1.82, 2.24) is 0 Å². The molecule has 0 heterocycles. The molecule has 0 unspecified atom stereocenters. The Bertz CT molecular complexity index is 1710. The minimum Gasteiger partial charge on any atom is -0.541 e. The van der Waals surface area contributed by atoms with Gasteiger partial charge in [0.15, 0.2) is 10.0 Å². The summed E-state index contributed by atoms with van der Waals surface area (Å²) >= 11 is 0. The maximum Gasteiger partial charge on any atom is 3.00 e. The topological polar surface area (TPSA) is 146 Å². The summed E-state index contributed by atoms with van der Waals surface area (Å²) in [7, 11) is -9.18. The summed E-state index contributed by atoms with van der Waals surface area (Å²) in [5.74, 6) is 0. The average molecular weight is 760 g/mol. The molecule has 0 saturated carbocycles. The van der Waals surface area contributed by atoms with Crippen LogP contribution in [0.25, 0.3) is 9.44 Å². The van der Waals surface area contributed by atoms with E-state index in [2.05, 4.69) is 9.44 Å². The Morgan fingerprint density at radius 3 is 1.67 bits per heavy atom. The zero-order chi connectivity index (χ0) is 33.5. The fourth-order valence-corrected chi connectivity index (χ4v) is 5.41. The molecule has 1 radical (unpaired) electrons. The molecule has 0 aliphatic carbocycles. The maximum absolute atomic E-state index is 12.8. The van der Waals surface area contributed by atoms with Crippen LogP contribution in [0.3, 0.4) is 0 Å².